The van der Waals surface area contributed by atoms with Crippen molar-refractivity contribution < 1.29 is 9.53 Å². The summed E-state index contributed by atoms with van der Waals surface area (Å²) in [4.78, 5) is 36.6. The Labute approximate surface area is 170 Å². The SMILES string of the molecule is CCC(=O)N1CCC(c2nc3c(c(=O)[nH]2)CCN(Cc2ccc(OC)cc2)C3)C1. The molecule has 2 aromatic rings. The van der Waals surface area contributed by atoms with Crippen LogP contribution in [0.2, 0.25) is 0 Å². The zero-order valence-corrected chi connectivity index (χ0v) is 17.1. The highest BCUT2D eigenvalue weighted by Gasteiger charge is 2.30. The first-order valence-corrected chi connectivity index (χ1v) is 10.3. The third-order valence-electron chi connectivity index (χ3n) is 5.97. The van der Waals surface area contributed by atoms with E-state index >= 15 is 0 Å². The molecular formula is C22H28N4O3. The molecule has 7 heteroatoms. The third kappa shape index (κ3) is 4.19. The summed E-state index contributed by atoms with van der Waals surface area (Å²) in [6.07, 6.45) is 2.07. The lowest BCUT2D eigenvalue weighted by molar-refractivity contribution is -0.129. The van der Waals surface area contributed by atoms with E-state index in [0.717, 1.165) is 48.9 Å². The van der Waals surface area contributed by atoms with Crippen LogP contribution in [0.3, 0.4) is 0 Å². The van der Waals surface area contributed by atoms with E-state index in [1.807, 2.05) is 24.0 Å². The van der Waals surface area contributed by atoms with Crippen LogP contribution in [-0.2, 0) is 24.3 Å². The lowest BCUT2D eigenvalue weighted by atomic mass is 10.0. The minimum absolute atomic E-state index is 0.0191. The lowest BCUT2D eigenvalue weighted by Crippen LogP contribution is -2.36. The van der Waals surface area contributed by atoms with Crippen LogP contribution in [0.15, 0.2) is 29.1 Å². The number of ether oxygens (including phenoxy) is 1. The van der Waals surface area contributed by atoms with Crippen LogP contribution in [-0.4, -0.2) is 52.4 Å². The molecule has 2 aliphatic heterocycles. The van der Waals surface area contributed by atoms with Crippen molar-refractivity contribution in [3.63, 3.8) is 0 Å². The van der Waals surface area contributed by atoms with Crippen LogP contribution < -0.4 is 10.3 Å². The molecule has 7 nitrogen and oxygen atoms in total. The van der Waals surface area contributed by atoms with Gasteiger partial charge in [-0.05, 0) is 30.5 Å². The first-order chi connectivity index (χ1) is 14.1. The number of aromatic nitrogens is 2. The minimum Gasteiger partial charge on any atom is -0.497 e. The van der Waals surface area contributed by atoms with Crippen LogP contribution in [0, 0.1) is 0 Å². The molecule has 3 heterocycles. The summed E-state index contributed by atoms with van der Waals surface area (Å²) in [7, 11) is 1.67. The van der Waals surface area contributed by atoms with Crippen molar-refractivity contribution in [2.45, 2.75) is 45.2 Å². The van der Waals surface area contributed by atoms with Crippen molar-refractivity contribution in [3.8, 4) is 5.75 Å². The maximum Gasteiger partial charge on any atom is 0.254 e. The van der Waals surface area contributed by atoms with E-state index < -0.39 is 0 Å². The average Bonchev–Trinajstić information content (AvgIpc) is 3.24. The summed E-state index contributed by atoms with van der Waals surface area (Å²) >= 11 is 0. The summed E-state index contributed by atoms with van der Waals surface area (Å²) < 4.78 is 5.22. The summed E-state index contributed by atoms with van der Waals surface area (Å²) in [6, 6.07) is 8.08. The van der Waals surface area contributed by atoms with Gasteiger partial charge in [0, 0.05) is 50.6 Å². The highest BCUT2D eigenvalue weighted by atomic mass is 16.5. The molecule has 1 saturated heterocycles. The highest BCUT2D eigenvalue weighted by Crippen LogP contribution is 2.26. The Kier molecular flexibility index (Phi) is 5.67. The van der Waals surface area contributed by atoms with Gasteiger partial charge in [-0.3, -0.25) is 14.5 Å². The highest BCUT2D eigenvalue weighted by molar-refractivity contribution is 5.76. The molecule has 2 aliphatic rings. The van der Waals surface area contributed by atoms with Gasteiger partial charge >= 0.3 is 0 Å². The molecule has 0 radical (unpaired) electrons. The van der Waals surface area contributed by atoms with Gasteiger partial charge in [0.1, 0.15) is 11.6 Å². The van der Waals surface area contributed by atoms with Crippen LogP contribution in [0.1, 0.15) is 48.3 Å². The zero-order chi connectivity index (χ0) is 20.4. The van der Waals surface area contributed by atoms with Gasteiger partial charge in [0.2, 0.25) is 5.91 Å². The van der Waals surface area contributed by atoms with E-state index in [0.29, 0.717) is 25.9 Å². The fourth-order valence-electron chi connectivity index (χ4n) is 4.26. The molecule has 1 fully saturated rings. The van der Waals surface area contributed by atoms with Crippen molar-refractivity contribution in [1.29, 1.82) is 0 Å². The molecule has 1 atom stereocenters. The molecule has 1 unspecified atom stereocenters. The number of aromatic amines is 1. The van der Waals surface area contributed by atoms with Gasteiger partial charge in [0.15, 0.2) is 0 Å². The fourth-order valence-corrected chi connectivity index (χ4v) is 4.26. The Hall–Kier alpha value is -2.67. The van der Waals surface area contributed by atoms with Crippen LogP contribution in [0.5, 0.6) is 5.75 Å². The number of carbonyl (C=O) groups is 1. The van der Waals surface area contributed by atoms with E-state index in [4.69, 9.17) is 9.72 Å². The van der Waals surface area contributed by atoms with Gasteiger partial charge in [-0.2, -0.15) is 0 Å². The molecule has 4 rings (SSSR count). The van der Waals surface area contributed by atoms with Gasteiger partial charge in [-0.25, -0.2) is 4.98 Å². The maximum atomic E-state index is 12.6. The van der Waals surface area contributed by atoms with Gasteiger partial charge in [-0.15, -0.1) is 0 Å². The fraction of sp³-hybridized carbons (Fsp3) is 0.500. The number of hydrogen-bond acceptors (Lipinski definition) is 5. The number of nitrogens with zero attached hydrogens (tertiary/aromatic N) is 3. The molecule has 1 aromatic heterocycles. The number of H-pyrrole nitrogens is 1. The van der Waals surface area contributed by atoms with Crippen LogP contribution in [0.25, 0.3) is 0 Å². The Morgan fingerprint density at radius 2 is 2.07 bits per heavy atom. The second kappa shape index (κ2) is 8.37. The minimum atomic E-state index is -0.0191. The molecule has 0 bridgehead atoms. The Balaban J connectivity index is 1.48. The van der Waals surface area contributed by atoms with Crippen LogP contribution >= 0.6 is 0 Å². The number of likely N-dealkylation sites (tertiary alicyclic amines) is 1. The molecule has 154 valence electrons. The van der Waals surface area contributed by atoms with E-state index in [1.54, 1.807) is 7.11 Å². The standard InChI is InChI=1S/C22H28N4O3/c1-3-20(27)26-11-8-16(13-26)21-23-19-14-25(10-9-18(19)22(28)24-21)12-15-4-6-17(29-2)7-5-15/h4-7,16H,3,8-14H2,1-2H3,(H,23,24,28). The summed E-state index contributed by atoms with van der Waals surface area (Å²) in [6.45, 7) is 5.58. The molecular weight excluding hydrogens is 368 g/mol. The lowest BCUT2D eigenvalue weighted by Gasteiger charge is -2.28. The molecule has 29 heavy (non-hydrogen) atoms. The number of rotatable bonds is 5. The van der Waals surface area contributed by atoms with Crippen molar-refractivity contribution in [2.75, 3.05) is 26.7 Å². The number of methoxy groups -OCH3 is 1. The van der Waals surface area contributed by atoms with Crippen molar-refractivity contribution in [3.05, 3.63) is 57.3 Å². The topological polar surface area (TPSA) is 78.5 Å². The molecule has 0 spiro atoms. The normalized spacial score (nSPS) is 19.2. The molecule has 0 saturated carbocycles. The zero-order valence-electron chi connectivity index (χ0n) is 17.1. The quantitative estimate of drug-likeness (QED) is 0.837. The summed E-state index contributed by atoms with van der Waals surface area (Å²) in [5.74, 6) is 1.85. The second-order valence-corrected chi connectivity index (χ2v) is 7.86. The predicted octanol–water partition coefficient (Wildman–Crippen LogP) is 2.06. The number of carbonyl (C=O) groups excluding carboxylic acids is 1. The maximum absolute atomic E-state index is 12.6. The summed E-state index contributed by atoms with van der Waals surface area (Å²) in [5, 5.41) is 0. The Morgan fingerprint density at radius 3 is 2.79 bits per heavy atom. The monoisotopic (exact) mass is 396 g/mol. The van der Waals surface area contributed by atoms with Gasteiger partial charge in [0.05, 0.1) is 12.8 Å². The van der Waals surface area contributed by atoms with Gasteiger partial charge in [-0.1, -0.05) is 19.1 Å². The predicted molar refractivity (Wildman–Crippen MR) is 110 cm³/mol. The molecule has 0 aliphatic carbocycles. The largest absolute Gasteiger partial charge is 0.497 e. The van der Waals surface area contributed by atoms with Crippen molar-refractivity contribution in [2.24, 2.45) is 0 Å². The first kappa shape index (κ1) is 19.6. The third-order valence-corrected chi connectivity index (χ3v) is 5.97. The second-order valence-electron chi connectivity index (χ2n) is 7.86. The Morgan fingerprint density at radius 1 is 1.28 bits per heavy atom. The van der Waals surface area contributed by atoms with E-state index in [2.05, 4.69) is 22.0 Å². The first-order valence-electron chi connectivity index (χ1n) is 10.3. The number of amides is 1. The van der Waals surface area contributed by atoms with Crippen molar-refractivity contribution >= 4 is 5.91 Å². The Bertz CT molecular complexity index is 938. The number of hydrogen-bond donors (Lipinski definition) is 1. The van der Waals surface area contributed by atoms with E-state index in [1.165, 1.54) is 5.56 Å². The van der Waals surface area contributed by atoms with E-state index in [9.17, 15) is 9.59 Å². The average molecular weight is 396 g/mol. The molecule has 1 N–H and O–H groups in total. The van der Waals surface area contributed by atoms with Gasteiger partial charge in [0.25, 0.3) is 5.56 Å². The smallest absolute Gasteiger partial charge is 0.254 e. The van der Waals surface area contributed by atoms with Gasteiger partial charge < -0.3 is 14.6 Å². The molecule has 1 amide bonds. The number of benzene rings is 1. The van der Waals surface area contributed by atoms with Crippen molar-refractivity contribution in [1.82, 2.24) is 19.8 Å². The summed E-state index contributed by atoms with van der Waals surface area (Å²) in [5.41, 5.74) is 2.88. The molecule has 1 aromatic carbocycles. The van der Waals surface area contributed by atoms with Crippen LogP contribution in [0.4, 0.5) is 0 Å². The number of nitrogens with one attached hydrogen (secondary N) is 1. The number of fused-ring (bicyclic) bond motifs is 1. The van der Waals surface area contributed by atoms with E-state index in [-0.39, 0.29) is 17.4 Å².